The van der Waals surface area contributed by atoms with Crippen molar-refractivity contribution in [2.45, 2.75) is 0 Å². The summed E-state index contributed by atoms with van der Waals surface area (Å²) in [6.45, 7) is 0.206. The van der Waals surface area contributed by atoms with Gasteiger partial charge in [-0.05, 0) is 11.6 Å². The lowest BCUT2D eigenvalue weighted by Gasteiger charge is -1.94. The molecule has 0 radical (unpaired) electrons. The Kier molecular flexibility index (Phi) is 4.03. The molecule has 0 atom stereocenters. The van der Waals surface area contributed by atoms with E-state index in [2.05, 4.69) is 4.74 Å². The van der Waals surface area contributed by atoms with E-state index < -0.39 is 5.97 Å². The van der Waals surface area contributed by atoms with Crippen LogP contribution in [0, 0.1) is 12.3 Å². The highest BCUT2D eigenvalue weighted by molar-refractivity contribution is 5.87. The zero-order valence-corrected chi connectivity index (χ0v) is 7.64. The molecular formula is C12H10O2. The minimum atomic E-state index is -0.636. The van der Waals surface area contributed by atoms with E-state index in [1.165, 1.54) is 0 Å². The Hall–Kier alpha value is -2.01. The topological polar surface area (TPSA) is 26.3 Å². The number of benzene rings is 1. The quantitative estimate of drug-likeness (QED) is 0.409. The van der Waals surface area contributed by atoms with Crippen molar-refractivity contribution in [2.24, 2.45) is 0 Å². The summed E-state index contributed by atoms with van der Waals surface area (Å²) in [5, 5.41) is 0. The number of rotatable bonds is 3. The third-order valence-corrected chi connectivity index (χ3v) is 1.54. The average molecular weight is 186 g/mol. The summed E-state index contributed by atoms with van der Waals surface area (Å²) in [6, 6.07) is 9.73. The van der Waals surface area contributed by atoms with Crippen LogP contribution in [0.25, 0.3) is 6.08 Å². The third kappa shape index (κ3) is 3.59. The van der Waals surface area contributed by atoms with Gasteiger partial charge in [-0.3, -0.25) is 0 Å². The fourth-order valence-electron chi connectivity index (χ4n) is 0.914. The van der Waals surface area contributed by atoms with E-state index >= 15 is 0 Å². The van der Waals surface area contributed by atoms with E-state index in [-0.39, 0.29) is 6.61 Å². The predicted molar refractivity (Wildman–Crippen MR) is 55.3 cm³/mol. The van der Waals surface area contributed by atoms with E-state index in [0.717, 1.165) is 5.56 Å². The SMILES string of the molecule is C#CC(=O)OCC=Cc1ccccc1. The van der Waals surface area contributed by atoms with Crippen LogP contribution in [0.15, 0.2) is 36.4 Å². The van der Waals surface area contributed by atoms with E-state index in [1.807, 2.05) is 42.3 Å². The van der Waals surface area contributed by atoms with Crippen LogP contribution in [-0.4, -0.2) is 12.6 Å². The van der Waals surface area contributed by atoms with Gasteiger partial charge < -0.3 is 4.74 Å². The number of terminal acetylenes is 1. The zero-order chi connectivity index (χ0) is 10.2. The molecule has 0 aromatic heterocycles. The second kappa shape index (κ2) is 5.60. The van der Waals surface area contributed by atoms with Gasteiger partial charge in [0.05, 0.1) is 0 Å². The Morgan fingerprint density at radius 2 is 2.14 bits per heavy atom. The molecule has 0 amide bonds. The average Bonchev–Trinajstić information content (AvgIpc) is 2.25. The Morgan fingerprint density at radius 1 is 1.43 bits per heavy atom. The molecule has 14 heavy (non-hydrogen) atoms. The van der Waals surface area contributed by atoms with Crippen molar-refractivity contribution < 1.29 is 9.53 Å². The highest BCUT2D eigenvalue weighted by Gasteiger charge is 1.91. The van der Waals surface area contributed by atoms with Crippen molar-refractivity contribution in [1.29, 1.82) is 0 Å². The molecule has 1 aromatic carbocycles. The minimum absolute atomic E-state index is 0.206. The molecule has 0 heterocycles. The standard InChI is InChI=1S/C12H10O2/c1-2-12(13)14-10-6-9-11-7-4-3-5-8-11/h1,3-9H,10H2. The molecular weight excluding hydrogens is 176 g/mol. The van der Waals surface area contributed by atoms with Gasteiger partial charge in [-0.2, -0.15) is 0 Å². The van der Waals surface area contributed by atoms with E-state index in [9.17, 15) is 4.79 Å². The predicted octanol–water partition coefficient (Wildman–Crippen LogP) is 1.88. The molecule has 1 aromatic rings. The summed E-state index contributed by atoms with van der Waals surface area (Å²) >= 11 is 0. The van der Waals surface area contributed by atoms with Gasteiger partial charge in [0.15, 0.2) is 0 Å². The molecule has 0 spiro atoms. The molecule has 0 bridgehead atoms. The van der Waals surface area contributed by atoms with Crippen molar-refractivity contribution >= 4 is 12.0 Å². The van der Waals surface area contributed by atoms with Gasteiger partial charge in [0.25, 0.3) is 0 Å². The van der Waals surface area contributed by atoms with E-state index in [4.69, 9.17) is 6.42 Å². The van der Waals surface area contributed by atoms with Crippen LogP contribution in [0.3, 0.4) is 0 Å². The smallest absolute Gasteiger partial charge is 0.384 e. The maximum Gasteiger partial charge on any atom is 0.384 e. The van der Waals surface area contributed by atoms with Gasteiger partial charge in [0, 0.05) is 5.92 Å². The first-order valence-electron chi connectivity index (χ1n) is 4.18. The molecule has 2 nitrogen and oxygen atoms in total. The molecule has 0 fully saturated rings. The second-order valence-electron chi connectivity index (χ2n) is 2.56. The van der Waals surface area contributed by atoms with E-state index in [0.29, 0.717) is 0 Å². The maximum atomic E-state index is 10.5. The number of ether oxygens (including phenoxy) is 1. The molecule has 0 N–H and O–H groups in total. The summed E-state index contributed by atoms with van der Waals surface area (Å²) in [4.78, 5) is 10.5. The van der Waals surface area contributed by atoms with Gasteiger partial charge in [0.2, 0.25) is 0 Å². The molecule has 0 saturated heterocycles. The van der Waals surface area contributed by atoms with Gasteiger partial charge in [-0.25, -0.2) is 4.79 Å². The monoisotopic (exact) mass is 186 g/mol. The van der Waals surface area contributed by atoms with Gasteiger partial charge in [0.1, 0.15) is 6.61 Å². The van der Waals surface area contributed by atoms with Crippen LogP contribution >= 0.6 is 0 Å². The number of carbonyl (C=O) groups excluding carboxylic acids is 1. The van der Waals surface area contributed by atoms with Crippen LogP contribution in [0.1, 0.15) is 5.56 Å². The maximum absolute atomic E-state index is 10.5. The molecule has 0 unspecified atom stereocenters. The third-order valence-electron chi connectivity index (χ3n) is 1.54. The van der Waals surface area contributed by atoms with Crippen molar-refractivity contribution in [3.8, 4) is 12.3 Å². The highest BCUT2D eigenvalue weighted by atomic mass is 16.5. The lowest BCUT2D eigenvalue weighted by atomic mass is 10.2. The van der Waals surface area contributed by atoms with Crippen molar-refractivity contribution in [2.75, 3.05) is 6.61 Å². The molecule has 0 aliphatic heterocycles. The number of carbonyl (C=O) groups is 1. The summed E-state index contributed by atoms with van der Waals surface area (Å²) in [5.41, 5.74) is 1.06. The Balaban J connectivity index is 2.36. The van der Waals surface area contributed by atoms with Crippen LogP contribution in [-0.2, 0) is 9.53 Å². The first kappa shape index (κ1) is 10.1. The number of hydrogen-bond donors (Lipinski definition) is 0. The Labute approximate surface area is 83.2 Å². The second-order valence-corrected chi connectivity index (χ2v) is 2.56. The van der Waals surface area contributed by atoms with Crippen molar-refractivity contribution in [3.63, 3.8) is 0 Å². The van der Waals surface area contributed by atoms with E-state index in [1.54, 1.807) is 6.08 Å². The van der Waals surface area contributed by atoms with Gasteiger partial charge in [-0.15, -0.1) is 6.42 Å². The normalized spacial score (nSPS) is 9.64. The number of hydrogen-bond acceptors (Lipinski definition) is 2. The zero-order valence-electron chi connectivity index (χ0n) is 7.64. The lowest BCUT2D eigenvalue weighted by molar-refractivity contribution is -0.135. The Morgan fingerprint density at radius 3 is 2.79 bits per heavy atom. The summed E-state index contributed by atoms with van der Waals surface area (Å²) in [6.07, 6.45) is 8.42. The van der Waals surface area contributed by atoms with Crippen molar-refractivity contribution in [1.82, 2.24) is 0 Å². The first-order chi connectivity index (χ1) is 6.83. The summed E-state index contributed by atoms with van der Waals surface area (Å²) in [7, 11) is 0. The molecule has 0 saturated carbocycles. The fraction of sp³-hybridized carbons (Fsp3) is 0.0833. The minimum Gasteiger partial charge on any atom is -0.452 e. The molecule has 0 aliphatic rings. The molecule has 2 heteroatoms. The summed E-state index contributed by atoms with van der Waals surface area (Å²) < 4.78 is 4.65. The molecule has 1 rings (SSSR count). The number of esters is 1. The Bertz CT molecular complexity index is 358. The highest BCUT2D eigenvalue weighted by Crippen LogP contribution is 2.00. The fourth-order valence-corrected chi connectivity index (χ4v) is 0.914. The largest absolute Gasteiger partial charge is 0.452 e. The summed E-state index contributed by atoms with van der Waals surface area (Å²) in [5.74, 6) is 1.23. The first-order valence-corrected chi connectivity index (χ1v) is 4.18. The molecule has 70 valence electrons. The van der Waals surface area contributed by atoms with Crippen LogP contribution in [0.4, 0.5) is 0 Å². The van der Waals surface area contributed by atoms with Gasteiger partial charge in [-0.1, -0.05) is 36.4 Å². The lowest BCUT2D eigenvalue weighted by Crippen LogP contribution is -1.99. The molecule has 0 aliphatic carbocycles. The van der Waals surface area contributed by atoms with Crippen LogP contribution < -0.4 is 0 Å². The van der Waals surface area contributed by atoms with Crippen molar-refractivity contribution in [3.05, 3.63) is 42.0 Å². The van der Waals surface area contributed by atoms with Crippen LogP contribution in [0.2, 0.25) is 0 Å². The van der Waals surface area contributed by atoms with Crippen LogP contribution in [0.5, 0.6) is 0 Å². The van der Waals surface area contributed by atoms with Gasteiger partial charge >= 0.3 is 5.97 Å².